The topological polar surface area (TPSA) is 126 Å². The Morgan fingerprint density at radius 3 is 2.62 bits per heavy atom. The molecule has 214 valence electrons. The van der Waals surface area contributed by atoms with Crippen molar-refractivity contribution in [3.8, 4) is 0 Å². The fourth-order valence-corrected chi connectivity index (χ4v) is 5.30. The average molecular weight is 643 g/mol. The van der Waals surface area contributed by atoms with E-state index in [1.54, 1.807) is 52.7 Å². The second-order valence-corrected chi connectivity index (χ2v) is 10.5. The van der Waals surface area contributed by atoms with Gasteiger partial charge in [-0.1, -0.05) is 12.1 Å². The number of hydrogen-bond acceptors (Lipinski definition) is 7. The summed E-state index contributed by atoms with van der Waals surface area (Å²) in [4.78, 5) is 44.0. The maximum atomic E-state index is 13.4. The summed E-state index contributed by atoms with van der Waals surface area (Å²) < 4.78 is 37.9. The first-order valence-corrected chi connectivity index (χ1v) is 13.5. The number of piperazine rings is 1. The summed E-state index contributed by atoms with van der Waals surface area (Å²) in [5.74, 6) is -2.99. The molecule has 0 saturated carbocycles. The van der Waals surface area contributed by atoms with Gasteiger partial charge >= 0.3 is 12.1 Å². The smallest absolute Gasteiger partial charge is 0.475 e. The molecule has 9 nitrogen and oxygen atoms in total. The number of nitrogen functional groups attached to an aromatic ring is 1. The van der Waals surface area contributed by atoms with Crippen LogP contribution in [0.1, 0.15) is 16.9 Å². The SMILES string of the molecule is COCC[C@H]1C(=O)N(Cc2ccc3c(N)ccnc3c2)CCN1C(=O)C=Cc1cc(Br)cs1.O=C(O)C(F)(F)F. The number of rotatable bonds is 7. The highest BCUT2D eigenvalue weighted by Crippen LogP contribution is 2.24. The molecule has 3 aromatic rings. The lowest BCUT2D eigenvalue weighted by Crippen LogP contribution is -2.58. The Hall–Kier alpha value is -3.49. The number of amides is 2. The first-order chi connectivity index (χ1) is 18.9. The normalized spacial score (nSPS) is 15.8. The van der Waals surface area contributed by atoms with E-state index in [0.717, 1.165) is 25.8 Å². The molecule has 0 bridgehead atoms. The van der Waals surface area contributed by atoms with Crippen LogP contribution in [-0.2, 0) is 25.7 Å². The van der Waals surface area contributed by atoms with Crippen molar-refractivity contribution >= 4 is 67.7 Å². The molecule has 2 aromatic heterocycles. The maximum absolute atomic E-state index is 13.4. The van der Waals surface area contributed by atoms with Crippen LogP contribution in [-0.4, -0.2) is 76.7 Å². The van der Waals surface area contributed by atoms with Crippen molar-refractivity contribution in [2.45, 2.75) is 25.2 Å². The number of thiophene rings is 1. The molecule has 1 aliphatic heterocycles. The molecule has 2 amide bonds. The number of aliphatic carboxylic acids is 1. The molecule has 0 spiro atoms. The monoisotopic (exact) mass is 642 g/mol. The Morgan fingerprint density at radius 1 is 1.27 bits per heavy atom. The van der Waals surface area contributed by atoms with Gasteiger partial charge in [-0.2, -0.15) is 13.2 Å². The van der Waals surface area contributed by atoms with Gasteiger partial charge in [0.05, 0.1) is 5.52 Å². The number of methoxy groups -OCH3 is 1. The zero-order chi connectivity index (χ0) is 29.4. The molecule has 40 heavy (non-hydrogen) atoms. The van der Waals surface area contributed by atoms with Gasteiger partial charge in [-0.05, 0) is 45.8 Å². The van der Waals surface area contributed by atoms with Crippen molar-refractivity contribution in [3.63, 3.8) is 0 Å². The number of carboxylic acids is 1. The maximum Gasteiger partial charge on any atom is 0.490 e. The number of hydrogen-bond donors (Lipinski definition) is 2. The number of nitrogens with zero attached hydrogens (tertiary/aromatic N) is 3. The van der Waals surface area contributed by atoms with Gasteiger partial charge in [0, 0.05) is 77.8 Å². The number of alkyl halides is 3. The molecule has 1 atom stereocenters. The molecule has 0 radical (unpaired) electrons. The van der Waals surface area contributed by atoms with Crippen LogP contribution in [0.2, 0.25) is 0 Å². The Morgan fingerprint density at radius 2 is 2.00 bits per heavy atom. The third kappa shape index (κ3) is 8.26. The predicted molar refractivity (Wildman–Crippen MR) is 148 cm³/mol. The second kappa shape index (κ2) is 13.7. The largest absolute Gasteiger partial charge is 0.490 e. The number of nitrogens with two attached hydrogens (primary N) is 1. The van der Waals surface area contributed by atoms with E-state index in [-0.39, 0.29) is 11.8 Å². The minimum atomic E-state index is -5.08. The van der Waals surface area contributed by atoms with E-state index in [0.29, 0.717) is 38.3 Å². The van der Waals surface area contributed by atoms with Crippen LogP contribution in [0.15, 0.2) is 52.5 Å². The van der Waals surface area contributed by atoms with Gasteiger partial charge in [0.1, 0.15) is 6.04 Å². The molecule has 1 aromatic carbocycles. The van der Waals surface area contributed by atoms with Crippen LogP contribution in [0.25, 0.3) is 17.0 Å². The van der Waals surface area contributed by atoms with Crippen LogP contribution in [0, 0.1) is 0 Å². The summed E-state index contributed by atoms with van der Waals surface area (Å²) in [7, 11) is 1.60. The number of carboxylic acid groups (broad SMARTS) is 1. The van der Waals surface area contributed by atoms with Crippen LogP contribution in [0.3, 0.4) is 0 Å². The third-order valence-corrected chi connectivity index (χ3v) is 7.56. The lowest BCUT2D eigenvalue weighted by Gasteiger charge is -2.40. The highest BCUT2D eigenvalue weighted by atomic mass is 79.9. The minimum Gasteiger partial charge on any atom is -0.475 e. The second-order valence-electron chi connectivity index (χ2n) is 8.64. The van der Waals surface area contributed by atoms with Gasteiger partial charge in [0.15, 0.2) is 0 Å². The van der Waals surface area contributed by atoms with E-state index < -0.39 is 18.2 Å². The molecule has 14 heteroatoms. The minimum absolute atomic E-state index is 0.0699. The number of carbonyl (C=O) groups excluding carboxylic acids is 2. The number of ether oxygens (including phenoxy) is 1. The Labute approximate surface area is 240 Å². The number of aromatic nitrogens is 1. The number of benzene rings is 1. The average Bonchev–Trinajstić information content (AvgIpc) is 3.32. The molecule has 0 aliphatic carbocycles. The van der Waals surface area contributed by atoms with Gasteiger partial charge in [-0.15, -0.1) is 11.3 Å². The fraction of sp³-hybridized carbons (Fsp3) is 0.308. The molecule has 0 unspecified atom stereocenters. The van der Waals surface area contributed by atoms with Crippen molar-refractivity contribution in [2.24, 2.45) is 0 Å². The molecule has 3 N–H and O–H groups in total. The van der Waals surface area contributed by atoms with Gasteiger partial charge in [-0.3, -0.25) is 14.6 Å². The molecular formula is C26H26BrF3N4O5S. The third-order valence-electron chi connectivity index (χ3n) is 5.90. The molecule has 1 fully saturated rings. The number of anilines is 1. The molecular weight excluding hydrogens is 617 g/mol. The van der Waals surface area contributed by atoms with E-state index in [2.05, 4.69) is 20.9 Å². The lowest BCUT2D eigenvalue weighted by molar-refractivity contribution is -0.192. The molecule has 1 aliphatic rings. The van der Waals surface area contributed by atoms with Crippen molar-refractivity contribution in [1.29, 1.82) is 0 Å². The number of fused-ring (bicyclic) bond motifs is 1. The fourth-order valence-electron chi connectivity index (χ4n) is 3.97. The molecule has 4 rings (SSSR count). The molecule has 1 saturated heterocycles. The van der Waals surface area contributed by atoms with Gasteiger partial charge < -0.3 is 25.4 Å². The first kappa shape index (κ1) is 31.0. The van der Waals surface area contributed by atoms with E-state index >= 15 is 0 Å². The summed E-state index contributed by atoms with van der Waals surface area (Å²) in [6.45, 7) is 1.79. The molecule has 3 heterocycles. The van der Waals surface area contributed by atoms with Crippen molar-refractivity contribution in [3.05, 3.63) is 62.9 Å². The van der Waals surface area contributed by atoms with E-state index in [9.17, 15) is 22.8 Å². The number of halogens is 4. The zero-order valence-corrected chi connectivity index (χ0v) is 23.6. The highest BCUT2D eigenvalue weighted by molar-refractivity contribution is 9.10. The Balaban J connectivity index is 0.000000559. The summed E-state index contributed by atoms with van der Waals surface area (Å²) in [5, 5.41) is 9.98. The quantitative estimate of drug-likeness (QED) is 0.362. The van der Waals surface area contributed by atoms with Gasteiger partial charge in [0.25, 0.3) is 0 Å². The summed E-state index contributed by atoms with van der Waals surface area (Å²) >= 11 is 4.96. The first-order valence-electron chi connectivity index (χ1n) is 11.8. The highest BCUT2D eigenvalue weighted by Gasteiger charge is 2.38. The van der Waals surface area contributed by atoms with Gasteiger partial charge in [-0.25, -0.2) is 4.79 Å². The Kier molecular flexibility index (Phi) is 10.7. The van der Waals surface area contributed by atoms with Crippen molar-refractivity contribution < 1.29 is 37.4 Å². The van der Waals surface area contributed by atoms with Crippen LogP contribution < -0.4 is 5.73 Å². The van der Waals surface area contributed by atoms with E-state index in [1.165, 1.54) is 0 Å². The number of carbonyl (C=O) groups is 3. The van der Waals surface area contributed by atoms with Crippen LogP contribution in [0.5, 0.6) is 0 Å². The summed E-state index contributed by atoms with van der Waals surface area (Å²) in [5.41, 5.74) is 8.48. The van der Waals surface area contributed by atoms with E-state index in [4.69, 9.17) is 20.4 Å². The Bertz CT molecular complexity index is 1400. The summed E-state index contributed by atoms with van der Waals surface area (Å²) in [6, 6.07) is 9.03. The van der Waals surface area contributed by atoms with Gasteiger partial charge in [0.2, 0.25) is 11.8 Å². The number of pyridine rings is 1. The van der Waals surface area contributed by atoms with Crippen LogP contribution >= 0.6 is 27.3 Å². The van der Waals surface area contributed by atoms with Crippen molar-refractivity contribution in [2.75, 3.05) is 32.5 Å². The lowest BCUT2D eigenvalue weighted by atomic mass is 10.1. The zero-order valence-electron chi connectivity index (χ0n) is 21.2. The standard InChI is InChI=1S/C24H25BrN4O3S.C2HF3O2/c1-32-11-7-22-24(31)28(14-16-2-4-19-20(26)6-8-27-21(19)12-16)9-10-29(22)23(30)5-3-18-13-17(25)15-33-18;3-2(4,5)1(6)7/h2-6,8,12-13,15,22H,7,9-11,14H2,1H3,(H2,26,27);(H,6,7)/t22-;/m0./s1. The van der Waals surface area contributed by atoms with Crippen molar-refractivity contribution in [1.82, 2.24) is 14.8 Å². The van der Waals surface area contributed by atoms with Crippen LogP contribution in [0.4, 0.5) is 18.9 Å². The summed E-state index contributed by atoms with van der Waals surface area (Å²) in [6.07, 6.45) is 0.377. The van der Waals surface area contributed by atoms with E-state index in [1.807, 2.05) is 29.6 Å². The predicted octanol–water partition coefficient (Wildman–Crippen LogP) is 4.56.